The third kappa shape index (κ3) is 3.08. The molecule has 5 nitrogen and oxygen atoms in total. The van der Waals surface area contributed by atoms with Crippen LogP contribution in [0.25, 0.3) is 0 Å². The monoisotopic (exact) mass is 277 g/mol. The lowest BCUT2D eigenvalue weighted by Gasteiger charge is -2.06. The van der Waals surface area contributed by atoms with Gasteiger partial charge in [0.25, 0.3) is 0 Å². The number of nitrogens with zero attached hydrogens (tertiary/aromatic N) is 2. The molecule has 2 aromatic rings. The molecule has 0 fully saturated rings. The number of carbonyl (C=O) groups excluding carboxylic acids is 1. The first kappa shape index (κ1) is 13.5. The van der Waals surface area contributed by atoms with E-state index in [1.807, 2.05) is 19.9 Å². The van der Waals surface area contributed by atoms with Crippen LogP contribution in [0.4, 0.5) is 10.7 Å². The second-order valence-electron chi connectivity index (χ2n) is 3.97. The van der Waals surface area contributed by atoms with Crippen LogP contribution in [0.5, 0.6) is 5.88 Å². The van der Waals surface area contributed by atoms with E-state index in [0.717, 1.165) is 16.4 Å². The number of ether oxygens (including phenoxy) is 1. The Morgan fingerprint density at radius 3 is 2.84 bits per heavy atom. The Balaban J connectivity index is 2.19. The molecule has 2 rings (SSSR count). The number of carbonyl (C=O) groups is 1. The van der Waals surface area contributed by atoms with Crippen molar-refractivity contribution in [1.82, 2.24) is 9.36 Å². The Hall–Kier alpha value is -1.95. The van der Waals surface area contributed by atoms with Gasteiger partial charge in [-0.2, -0.15) is 4.37 Å². The average molecular weight is 277 g/mol. The summed E-state index contributed by atoms with van der Waals surface area (Å²) in [5.41, 5.74) is 2.19. The van der Waals surface area contributed by atoms with Gasteiger partial charge in [0.1, 0.15) is 5.00 Å². The minimum Gasteiger partial charge on any atom is -0.478 e. The first-order chi connectivity index (χ1) is 9.11. The topological polar surface area (TPSA) is 64.1 Å². The van der Waals surface area contributed by atoms with Gasteiger partial charge in [-0.3, -0.25) is 4.79 Å². The Morgan fingerprint density at radius 2 is 2.26 bits per heavy atom. The average Bonchev–Trinajstić information content (AvgIpc) is 2.73. The van der Waals surface area contributed by atoms with Crippen LogP contribution in [0.15, 0.2) is 18.3 Å². The summed E-state index contributed by atoms with van der Waals surface area (Å²) in [7, 11) is 0. The van der Waals surface area contributed by atoms with Gasteiger partial charge in [-0.25, -0.2) is 4.98 Å². The van der Waals surface area contributed by atoms with Crippen LogP contribution in [0.3, 0.4) is 0 Å². The van der Waals surface area contributed by atoms with E-state index in [1.54, 1.807) is 19.2 Å². The number of hydrogen-bond acceptors (Lipinski definition) is 6. The molecule has 2 aromatic heterocycles. The zero-order valence-electron chi connectivity index (χ0n) is 11.1. The molecule has 19 heavy (non-hydrogen) atoms. The number of Topliss-reactive ketones (excluding diaryl/α,β-unsaturated/α-hetero) is 1. The molecular weight excluding hydrogens is 262 g/mol. The molecule has 0 atom stereocenters. The molecule has 1 N–H and O–H groups in total. The van der Waals surface area contributed by atoms with Gasteiger partial charge in [-0.1, -0.05) is 0 Å². The van der Waals surface area contributed by atoms with Crippen molar-refractivity contribution in [3.05, 3.63) is 29.6 Å². The van der Waals surface area contributed by atoms with Gasteiger partial charge in [-0.15, -0.1) is 0 Å². The first-order valence-electron chi connectivity index (χ1n) is 5.95. The van der Waals surface area contributed by atoms with E-state index in [0.29, 0.717) is 18.1 Å². The molecule has 0 saturated carbocycles. The minimum absolute atomic E-state index is 0.00708. The number of ketones is 1. The van der Waals surface area contributed by atoms with E-state index in [2.05, 4.69) is 14.7 Å². The van der Waals surface area contributed by atoms with Crippen LogP contribution in [-0.2, 0) is 0 Å². The molecule has 6 heteroatoms. The highest BCUT2D eigenvalue weighted by molar-refractivity contribution is 7.10. The van der Waals surface area contributed by atoms with E-state index in [-0.39, 0.29) is 5.78 Å². The highest BCUT2D eigenvalue weighted by Crippen LogP contribution is 2.28. The van der Waals surface area contributed by atoms with Gasteiger partial charge in [0.15, 0.2) is 5.78 Å². The van der Waals surface area contributed by atoms with Crippen molar-refractivity contribution in [1.29, 1.82) is 0 Å². The van der Waals surface area contributed by atoms with E-state index in [1.165, 1.54) is 11.5 Å². The van der Waals surface area contributed by atoms with Crippen LogP contribution in [0.2, 0.25) is 0 Å². The van der Waals surface area contributed by atoms with Crippen LogP contribution >= 0.6 is 11.5 Å². The molecule has 0 saturated heterocycles. The quantitative estimate of drug-likeness (QED) is 0.850. The summed E-state index contributed by atoms with van der Waals surface area (Å²) in [5, 5.41) is 3.91. The number of rotatable bonds is 5. The maximum absolute atomic E-state index is 11.6. The predicted octanol–water partition coefficient (Wildman–Crippen LogP) is 3.19. The van der Waals surface area contributed by atoms with Crippen molar-refractivity contribution < 1.29 is 9.53 Å². The van der Waals surface area contributed by atoms with E-state index >= 15 is 0 Å². The van der Waals surface area contributed by atoms with Gasteiger partial charge < -0.3 is 10.1 Å². The summed E-state index contributed by atoms with van der Waals surface area (Å²) in [6.07, 6.45) is 1.67. The molecule has 0 radical (unpaired) electrons. The normalized spacial score (nSPS) is 10.3. The van der Waals surface area contributed by atoms with Gasteiger partial charge >= 0.3 is 0 Å². The molecule has 0 aromatic carbocycles. The Bertz CT molecular complexity index is 578. The van der Waals surface area contributed by atoms with Crippen molar-refractivity contribution in [3.8, 4) is 5.88 Å². The summed E-state index contributed by atoms with van der Waals surface area (Å²) in [6, 6.07) is 3.64. The van der Waals surface area contributed by atoms with Crippen LogP contribution in [0.1, 0.15) is 29.9 Å². The SMILES string of the molecule is CCOc1ccc(Nc2snc(C)c2C(C)=O)cn1. The number of pyridine rings is 1. The number of hydrogen-bond donors (Lipinski definition) is 1. The lowest BCUT2D eigenvalue weighted by molar-refractivity contribution is 0.101. The summed E-state index contributed by atoms with van der Waals surface area (Å²) in [5.74, 6) is 0.591. The van der Waals surface area contributed by atoms with Crippen LogP contribution < -0.4 is 10.1 Å². The van der Waals surface area contributed by atoms with E-state index in [9.17, 15) is 4.79 Å². The second kappa shape index (κ2) is 5.79. The maximum atomic E-state index is 11.6. The molecular formula is C13H15N3O2S. The lowest BCUT2D eigenvalue weighted by Crippen LogP contribution is -1.99. The molecule has 0 amide bonds. The molecule has 0 spiro atoms. The number of aromatic nitrogens is 2. The minimum atomic E-state index is 0.00708. The smallest absolute Gasteiger partial charge is 0.213 e. The lowest BCUT2D eigenvalue weighted by atomic mass is 10.2. The molecule has 0 bridgehead atoms. The predicted molar refractivity (Wildman–Crippen MR) is 75.5 cm³/mol. The van der Waals surface area contributed by atoms with Gasteiger partial charge in [0.2, 0.25) is 5.88 Å². The number of nitrogens with one attached hydrogen (secondary N) is 1. The fourth-order valence-corrected chi connectivity index (χ4v) is 2.55. The van der Waals surface area contributed by atoms with Gasteiger partial charge in [-0.05, 0) is 38.4 Å². The van der Waals surface area contributed by atoms with Crippen molar-refractivity contribution in [2.24, 2.45) is 0 Å². The van der Waals surface area contributed by atoms with Crippen molar-refractivity contribution in [2.75, 3.05) is 11.9 Å². The Morgan fingerprint density at radius 1 is 1.47 bits per heavy atom. The van der Waals surface area contributed by atoms with Crippen molar-refractivity contribution in [2.45, 2.75) is 20.8 Å². The third-order valence-corrected chi connectivity index (χ3v) is 3.36. The Kier molecular flexibility index (Phi) is 4.11. The van der Waals surface area contributed by atoms with Gasteiger partial charge in [0.05, 0.1) is 29.7 Å². The summed E-state index contributed by atoms with van der Waals surface area (Å²) in [6.45, 7) is 5.86. The zero-order valence-corrected chi connectivity index (χ0v) is 11.9. The van der Waals surface area contributed by atoms with Crippen molar-refractivity contribution in [3.63, 3.8) is 0 Å². The van der Waals surface area contributed by atoms with E-state index in [4.69, 9.17) is 4.74 Å². The maximum Gasteiger partial charge on any atom is 0.213 e. The fourth-order valence-electron chi connectivity index (χ4n) is 1.69. The van der Waals surface area contributed by atoms with Crippen molar-refractivity contribution >= 4 is 28.0 Å². The highest BCUT2D eigenvalue weighted by atomic mass is 32.1. The van der Waals surface area contributed by atoms with Gasteiger partial charge in [0, 0.05) is 6.07 Å². The largest absolute Gasteiger partial charge is 0.478 e. The zero-order chi connectivity index (χ0) is 13.8. The summed E-state index contributed by atoms with van der Waals surface area (Å²) in [4.78, 5) is 15.7. The first-order valence-corrected chi connectivity index (χ1v) is 6.72. The molecule has 0 aliphatic carbocycles. The summed E-state index contributed by atoms with van der Waals surface area (Å²) >= 11 is 1.27. The van der Waals surface area contributed by atoms with Crippen LogP contribution in [-0.4, -0.2) is 21.7 Å². The van der Waals surface area contributed by atoms with E-state index < -0.39 is 0 Å². The molecule has 2 heterocycles. The molecule has 0 unspecified atom stereocenters. The highest BCUT2D eigenvalue weighted by Gasteiger charge is 2.14. The molecule has 100 valence electrons. The fraction of sp³-hybridized carbons (Fsp3) is 0.308. The third-order valence-electron chi connectivity index (χ3n) is 2.50. The van der Waals surface area contributed by atoms with Crippen LogP contribution in [0, 0.1) is 6.92 Å². The summed E-state index contributed by atoms with van der Waals surface area (Å²) < 4.78 is 9.47. The number of aryl methyl sites for hydroxylation is 1. The standard InChI is InChI=1S/C13H15N3O2S/c1-4-18-11-6-5-10(7-14-11)15-13-12(9(3)17)8(2)16-19-13/h5-7,15H,4H2,1-3H3. The molecule has 0 aliphatic heterocycles. The Labute approximate surface area is 115 Å². The molecule has 0 aliphatic rings. The number of anilines is 2. The second-order valence-corrected chi connectivity index (χ2v) is 4.74.